The Morgan fingerprint density at radius 3 is 2.06 bits per heavy atom. The second kappa shape index (κ2) is 5.32. The standard InChI is InChI=1S/C8H17NO6S2/c1-8(2,5-4-7(10)11)9-17(14,15)6-16(3,12)13/h9H,4-6H2,1-3H3,(H,10,11). The average Bonchev–Trinajstić information content (AvgIpc) is 1.93. The molecule has 0 radical (unpaired) electrons. The fourth-order valence-corrected chi connectivity index (χ4v) is 4.64. The maximum Gasteiger partial charge on any atom is 0.303 e. The smallest absolute Gasteiger partial charge is 0.303 e. The van der Waals surface area contributed by atoms with Gasteiger partial charge in [-0.15, -0.1) is 0 Å². The predicted octanol–water partition coefficient (Wildman–Crippen LogP) is -0.449. The Morgan fingerprint density at radius 2 is 1.71 bits per heavy atom. The summed E-state index contributed by atoms with van der Waals surface area (Å²) in [6.07, 6.45) is 0.691. The van der Waals surface area contributed by atoms with Crippen molar-refractivity contribution in [2.45, 2.75) is 32.2 Å². The van der Waals surface area contributed by atoms with Crippen LogP contribution in [0.5, 0.6) is 0 Å². The number of aliphatic carboxylic acids is 1. The van der Waals surface area contributed by atoms with E-state index in [9.17, 15) is 21.6 Å². The van der Waals surface area contributed by atoms with Gasteiger partial charge in [-0.2, -0.15) is 0 Å². The van der Waals surface area contributed by atoms with Crippen LogP contribution < -0.4 is 4.72 Å². The Balaban J connectivity index is 4.65. The summed E-state index contributed by atoms with van der Waals surface area (Å²) in [4.78, 5) is 10.4. The van der Waals surface area contributed by atoms with Crippen LogP contribution in [0.25, 0.3) is 0 Å². The minimum absolute atomic E-state index is 0.0747. The molecular formula is C8H17NO6S2. The van der Waals surface area contributed by atoms with E-state index in [1.165, 1.54) is 13.8 Å². The molecule has 0 aromatic carbocycles. The first-order valence-corrected chi connectivity index (χ1v) is 8.45. The molecule has 9 heteroatoms. The Labute approximate surface area is 101 Å². The van der Waals surface area contributed by atoms with Gasteiger partial charge in [0.15, 0.2) is 14.9 Å². The van der Waals surface area contributed by atoms with Crippen molar-refractivity contribution in [2.75, 3.05) is 11.3 Å². The molecule has 7 nitrogen and oxygen atoms in total. The van der Waals surface area contributed by atoms with Gasteiger partial charge in [-0.1, -0.05) is 0 Å². The molecule has 2 N–H and O–H groups in total. The first-order valence-electron chi connectivity index (χ1n) is 4.74. The molecule has 0 aliphatic rings. The highest BCUT2D eigenvalue weighted by molar-refractivity contribution is 8.06. The number of carboxylic acids is 1. The fourth-order valence-electron chi connectivity index (χ4n) is 1.20. The summed E-state index contributed by atoms with van der Waals surface area (Å²) in [5.41, 5.74) is -0.998. The van der Waals surface area contributed by atoms with Crippen molar-refractivity contribution in [1.29, 1.82) is 0 Å². The van der Waals surface area contributed by atoms with Gasteiger partial charge in [0.05, 0.1) is 0 Å². The molecule has 0 aliphatic carbocycles. The van der Waals surface area contributed by atoms with Crippen LogP contribution in [0.15, 0.2) is 0 Å². The topological polar surface area (TPSA) is 118 Å². The van der Waals surface area contributed by atoms with E-state index in [0.717, 1.165) is 6.26 Å². The summed E-state index contributed by atoms with van der Waals surface area (Å²) in [5.74, 6) is -1.04. The van der Waals surface area contributed by atoms with Crippen molar-refractivity contribution < 1.29 is 26.7 Å². The Kier molecular flexibility index (Phi) is 5.11. The molecule has 0 atom stereocenters. The van der Waals surface area contributed by atoms with Crippen LogP contribution in [0, 0.1) is 0 Å². The number of hydrogen-bond acceptors (Lipinski definition) is 5. The van der Waals surface area contributed by atoms with Crippen molar-refractivity contribution in [3.05, 3.63) is 0 Å². The number of nitrogens with one attached hydrogen (secondary N) is 1. The third-order valence-electron chi connectivity index (χ3n) is 1.76. The molecule has 0 aromatic heterocycles. The number of sulfonamides is 1. The van der Waals surface area contributed by atoms with Gasteiger partial charge in [-0.25, -0.2) is 21.6 Å². The van der Waals surface area contributed by atoms with Gasteiger partial charge in [0.1, 0.15) is 0 Å². The predicted molar refractivity (Wildman–Crippen MR) is 62.7 cm³/mol. The van der Waals surface area contributed by atoms with Crippen molar-refractivity contribution in [2.24, 2.45) is 0 Å². The van der Waals surface area contributed by atoms with E-state index in [-0.39, 0.29) is 12.8 Å². The van der Waals surface area contributed by atoms with Crippen molar-refractivity contribution in [3.8, 4) is 0 Å². The van der Waals surface area contributed by atoms with E-state index >= 15 is 0 Å². The molecule has 0 bridgehead atoms. The largest absolute Gasteiger partial charge is 0.481 e. The zero-order chi connectivity index (χ0) is 13.9. The van der Waals surface area contributed by atoms with E-state index in [0.29, 0.717) is 0 Å². The third-order valence-corrected chi connectivity index (χ3v) is 5.58. The number of hydrogen-bond donors (Lipinski definition) is 2. The Hall–Kier alpha value is -0.670. The molecule has 0 saturated heterocycles. The minimum atomic E-state index is -3.98. The molecule has 0 spiro atoms. The third kappa shape index (κ3) is 9.07. The molecular weight excluding hydrogens is 270 g/mol. The maximum atomic E-state index is 11.5. The zero-order valence-corrected chi connectivity index (χ0v) is 11.6. The summed E-state index contributed by atoms with van der Waals surface area (Å²) < 4.78 is 46.9. The lowest BCUT2D eigenvalue weighted by Gasteiger charge is -2.24. The van der Waals surface area contributed by atoms with E-state index in [1.54, 1.807) is 0 Å². The Morgan fingerprint density at radius 1 is 1.24 bits per heavy atom. The molecule has 0 unspecified atom stereocenters. The first kappa shape index (κ1) is 16.3. The quantitative estimate of drug-likeness (QED) is 0.655. The molecule has 0 rings (SSSR count). The van der Waals surface area contributed by atoms with Crippen LogP contribution in [0.4, 0.5) is 0 Å². The van der Waals surface area contributed by atoms with Gasteiger partial charge in [-0.05, 0) is 20.3 Å². The molecule has 17 heavy (non-hydrogen) atoms. The summed E-state index contributed by atoms with van der Waals surface area (Å²) >= 11 is 0. The molecule has 0 aromatic rings. The fraction of sp³-hybridized carbons (Fsp3) is 0.875. The van der Waals surface area contributed by atoms with Crippen molar-refractivity contribution >= 4 is 25.8 Å². The Bertz CT molecular complexity index is 476. The second-order valence-electron chi connectivity index (χ2n) is 4.54. The highest BCUT2D eigenvalue weighted by Crippen LogP contribution is 2.13. The lowest BCUT2D eigenvalue weighted by atomic mass is 10.0. The van der Waals surface area contributed by atoms with E-state index in [1.807, 2.05) is 0 Å². The first-order chi connectivity index (χ1) is 7.33. The molecule has 102 valence electrons. The van der Waals surface area contributed by atoms with Crippen LogP contribution >= 0.6 is 0 Å². The highest BCUT2D eigenvalue weighted by atomic mass is 32.3. The van der Waals surface area contributed by atoms with E-state index in [4.69, 9.17) is 5.11 Å². The van der Waals surface area contributed by atoms with E-state index in [2.05, 4.69) is 4.72 Å². The SMILES string of the molecule is CC(C)(CCC(=O)O)NS(=O)(=O)CS(C)(=O)=O. The molecule has 0 amide bonds. The van der Waals surface area contributed by atoms with Gasteiger partial charge >= 0.3 is 5.97 Å². The van der Waals surface area contributed by atoms with Gasteiger partial charge < -0.3 is 5.11 Å². The van der Waals surface area contributed by atoms with Crippen LogP contribution in [0.1, 0.15) is 26.7 Å². The molecule has 0 aliphatic heterocycles. The normalized spacial score (nSPS) is 13.6. The highest BCUT2D eigenvalue weighted by Gasteiger charge is 2.27. The van der Waals surface area contributed by atoms with Crippen LogP contribution in [-0.4, -0.2) is 44.8 Å². The number of carbonyl (C=O) groups is 1. The van der Waals surface area contributed by atoms with Gasteiger partial charge in [0, 0.05) is 18.2 Å². The molecule has 0 fully saturated rings. The number of rotatable bonds is 7. The summed E-state index contributed by atoms with van der Waals surface area (Å²) in [7, 11) is -7.63. The number of carboxylic acid groups (broad SMARTS) is 1. The minimum Gasteiger partial charge on any atom is -0.481 e. The average molecular weight is 287 g/mol. The molecule has 0 saturated carbocycles. The summed E-state index contributed by atoms with van der Waals surface area (Å²) in [5, 5.41) is 7.49. The second-order valence-corrected chi connectivity index (χ2v) is 8.77. The van der Waals surface area contributed by atoms with Gasteiger partial charge in [0.25, 0.3) is 0 Å². The zero-order valence-electron chi connectivity index (χ0n) is 9.93. The maximum absolute atomic E-state index is 11.5. The monoisotopic (exact) mass is 287 g/mol. The lowest BCUT2D eigenvalue weighted by Crippen LogP contribution is -2.45. The molecule has 0 heterocycles. The van der Waals surface area contributed by atoms with Crippen LogP contribution in [-0.2, 0) is 24.7 Å². The van der Waals surface area contributed by atoms with Gasteiger partial charge in [0.2, 0.25) is 10.0 Å². The van der Waals surface area contributed by atoms with E-state index < -0.39 is 36.5 Å². The van der Waals surface area contributed by atoms with Crippen LogP contribution in [0.2, 0.25) is 0 Å². The summed E-state index contributed by atoms with van der Waals surface area (Å²) in [6.45, 7) is 2.99. The van der Waals surface area contributed by atoms with Crippen molar-refractivity contribution in [1.82, 2.24) is 4.72 Å². The lowest BCUT2D eigenvalue weighted by molar-refractivity contribution is -0.137. The summed E-state index contributed by atoms with van der Waals surface area (Å²) in [6, 6.07) is 0. The van der Waals surface area contributed by atoms with Crippen molar-refractivity contribution in [3.63, 3.8) is 0 Å². The van der Waals surface area contributed by atoms with Crippen LogP contribution in [0.3, 0.4) is 0 Å². The van der Waals surface area contributed by atoms with Gasteiger partial charge in [-0.3, -0.25) is 4.79 Å². The number of sulfone groups is 1.